The molecule has 0 heterocycles. The van der Waals surface area contributed by atoms with Crippen molar-refractivity contribution in [1.29, 1.82) is 0 Å². The average Bonchev–Trinajstić information content (AvgIpc) is 1.95. The van der Waals surface area contributed by atoms with Crippen molar-refractivity contribution in [2.24, 2.45) is 5.41 Å². The van der Waals surface area contributed by atoms with Gasteiger partial charge in [-0.05, 0) is 13.3 Å². The third-order valence-electron chi connectivity index (χ3n) is 1.74. The van der Waals surface area contributed by atoms with Gasteiger partial charge in [0, 0.05) is 5.41 Å². The van der Waals surface area contributed by atoms with Gasteiger partial charge in [0.05, 0.1) is 6.61 Å². The lowest BCUT2D eigenvalue weighted by atomic mass is 9.91. The van der Waals surface area contributed by atoms with E-state index in [1.165, 1.54) is 0 Å². The molecule has 0 bridgehead atoms. The minimum absolute atomic E-state index is 0.147. The molecule has 0 aromatic heterocycles. The number of carbonyl (C=O) groups is 1. The van der Waals surface area contributed by atoms with Crippen LogP contribution in [0.15, 0.2) is 12.2 Å². The molecular weight excluding hydrogens is 164 g/mol. The summed E-state index contributed by atoms with van der Waals surface area (Å²) in [5.74, 6) is 0.147. The normalized spacial score (nSPS) is 11.4. The van der Waals surface area contributed by atoms with E-state index in [9.17, 15) is 4.79 Å². The van der Waals surface area contributed by atoms with Crippen LogP contribution in [0.4, 0.5) is 0 Å². The van der Waals surface area contributed by atoms with Crippen LogP contribution in [0.1, 0.15) is 34.1 Å². The van der Waals surface area contributed by atoms with Crippen LogP contribution in [-0.2, 0) is 9.53 Å². The van der Waals surface area contributed by atoms with Crippen molar-refractivity contribution in [3.05, 3.63) is 12.2 Å². The standard InChI is InChI=1S/C11H20O2/c1-9(2)6-7-13-8-10(12)11(3,4)5/h1,6-8H2,2-5H3. The fraction of sp³-hybridized carbons (Fsp3) is 0.727. The van der Waals surface area contributed by atoms with Crippen LogP contribution >= 0.6 is 0 Å². The molecule has 0 amide bonds. The first-order valence-corrected chi connectivity index (χ1v) is 4.59. The van der Waals surface area contributed by atoms with Gasteiger partial charge >= 0.3 is 0 Å². The van der Waals surface area contributed by atoms with E-state index in [1.807, 2.05) is 27.7 Å². The summed E-state index contributed by atoms with van der Waals surface area (Å²) in [6, 6.07) is 0. The summed E-state index contributed by atoms with van der Waals surface area (Å²) in [5.41, 5.74) is 0.798. The fourth-order valence-corrected chi connectivity index (χ4v) is 0.628. The van der Waals surface area contributed by atoms with Gasteiger partial charge in [-0.3, -0.25) is 4.79 Å². The summed E-state index contributed by atoms with van der Waals surface area (Å²) in [7, 11) is 0. The Bertz CT molecular complexity index is 187. The third kappa shape index (κ3) is 6.52. The zero-order valence-electron chi connectivity index (χ0n) is 9.14. The highest BCUT2D eigenvalue weighted by molar-refractivity contribution is 5.84. The predicted molar refractivity (Wildman–Crippen MR) is 54.7 cm³/mol. The molecule has 0 saturated heterocycles. The van der Waals surface area contributed by atoms with Crippen LogP contribution in [0, 0.1) is 5.41 Å². The molecule has 0 atom stereocenters. The smallest absolute Gasteiger partial charge is 0.163 e. The topological polar surface area (TPSA) is 26.3 Å². The lowest BCUT2D eigenvalue weighted by Crippen LogP contribution is -2.25. The van der Waals surface area contributed by atoms with Crippen LogP contribution in [-0.4, -0.2) is 19.0 Å². The number of carbonyl (C=O) groups excluding carboxylic acids is 1. The lowest BCUT2D eigenvalue weighted by molar-refractivity contribution is -0.131. The lowest BCUT2D eigenvalue weighted by Gasteiger charge is -2.16. The molecule has 0 rings (SSSR count). The van der Waals surface area contributed by atoms with Crippen molar-refractivity contribution >= 4 is 5.78 Å². The Labute approximate surface area is 81.0 Å². The van der Waals surface area contributed by atoms with E-state index in [0.717, 1.165) is 12.0 Å². The molecule has 2 nitrogen and oxygen atoms in total. The molecule has 0 radical (unpaired) electrons. The molecule has 0 saturated carbocycles. The molecule has 0 aliphatic rings. The molecule has 2 heteroatoms. The minimum atomic E-state index is -0.288. The molecule has 0 N–H and O–H groups in total. The van der Waals surface area contributed by atoms with Crippen molar-refractivity contribution in [2.45, 2.75) is 34.1 Å². The first-order valence-electron chi connectivity index (χ1n) is 4.59. The molecule has 0 fully saturated rings. The molecule has 0 aromatic carbocycles. The van der Waals surface area contributed by atoms with Gasteiger partial charge in [0.25, 0.3) is 0 Å². The van der Waals surface area contributed by atoms with E-state index in [0.29, 0.717) is 6.61 Å². The van der Waals surface area contributed by atoms with Crippen LogP contribution in [0.2, 0.25) is 0 Å². The first-order chi connectivity index (χ1) is 5.84. The number of Topliss-reactive ketones (excluding diaryl/α,β-unsaturated/α-hetero) is 1. The monoisotopic (exact) mass is 184 g/mol. The van der Waals surface area contributed by atoms with Crippen molar-refractivity contribution in [3.8, 4) is 0 Å². The minimum Gasteiger partial charge on any atom is -0.373 e. The van der Waals surface area contributed by atoms with Gasteiger partial charge in [0.15, 0.2) is 5.78 Å². The molecule has 0 aromatic rings. The van der Waals surface area contributed by atoms with Crippen molar-refractivity contribution in [2.75, 3.05) is 13.2 Å². The van der Waals surface area contributed by atoms with E-state index in [1.54, 1.807) is 0 Å². The maximum atomic E-state index is 11.4. The fourth-order valence-electron chi connectivity index (χ4n) is 0.628. The van der Waals surface area contributed by atoms with E-state index in [-0.39, 0.29) is 17.8 Å². The zero-order valence-corrected chi connectivity index (χ0v) is 9.14. The van der Waals surface area contributed by atoms with Gasteiger partial charge in [-0.25, -0.2) is 0 Å². The van der Waals surface area contributed by atoms with E-state index < -0.39 is 0 Å². The molecule has 13 heavy (non-hydrogen) atoms. The van der Waals surface area contributed by atoms with Crippen LogP contribution in [0.3, 0.4) is 0 Å². The average molecular weight is 184 g/mol. The largest absolute Gasteiger partial charge is 0.373 e. The molecule has 0 unspecified atom stereocenters. The van der Waals surface area contributed by atoms with Gasteiger partial charge in [-0.2, -0.15) is 0 Å². The van der Waals surface area contributed by atoms with Gasteiger partial charge in [0.1, 0.15) is 6.61 Å². The highest BCUT2D eigenvalue weighted by atomic mass is 16.5. The summed E-state index contributed by atoms with van der Waals surface area (Å²) >= 11 is 0. The van der Waals surface area contributed by atoms with Gasteiger partial charge in [-0.15, -0.1) is 6.58 Å². The predicted octanol–water partition coefficient (Wildman–Crippen LogP) is 2.58. The van der Waals surface area contributed by atoms with Crippen molar-refractivity contribution < 1.29 is 9.53 Å². The van der Waals surface area contributed by atoms with E-state index in [4.69, 9.17) is 4.74 Å². The zero-order chi connectivity index (χ0) is 10.5. The van der Waals surface area contributed by atoms with Gasteiger partial charge in [-0.1, -0.05) is 26.3 Å². The number of ketones is 1. The molecular formula is C11H20O2. The van der Waals surface area contributed by atoms with Crippen LogP contribution < -0.4 is 0 Å². The Morgan fingerprint density at radius 3 is 2.31 bits per heavy atom. The number of hydrogen-bond donors (Lipinski definition) is 0. The maximum absolute atomic E-state index is 11.4. The van der Waals surface area contributed by atoms with E-state index in [2.05, 4.69) is 6.58 Å². The summed E-state index contributed by atoms with van der Waals surface area (Å²) in [6.07, 6.45) is 0.831. The second kappa shape index (κ2) is 5.18. The first kappa shape index (κ1) is 12.4. The Morgan fingerprint density at radius 2 is 1.92 bits per heavy atom. The Morgan fingerprint density at radius 1 is 1.38 bits per heavy atom. The second-order valence-corrected chi connectivity index (χ2v) is 4.43. The molecule has 76 valence electrons. The highest BCUT2D eigenvalue weighted by Crippen LogP contribution is 2.14. The summed E-state index contributed by atoms with van der Waals surface area (Å²) in [6.45, 7) is 12.2. The quantitative estimate of drug-likeness (QED) is 0.485. The SMILES string of the molecule is C=C(C)CCOCC(=O)C(C)(C)C. The Kier molecular flexibility index (Phi) is 4.92. The summed E-state index contributed by atoms with van der Waals surface area (Å²) in [5, 5.41) is 0. The van der Waals surface area contributed by atoms with Crippen molar-refractivity contribution in [1.82, 2.24) is 0 Å². The van der Waals surface area contributed by atoms with Crippen LogP contribution in [0.5, 0.6) is 0 Å². The van der Waals surface area contributed by atoms with Gasteiger partial charge < -0.3 is 4.74 Å². The number of rotatable bonds is 5. The molecule has 0 aliphatic carbocycles. The highest BCUT2D eigenvalue weighted by Gasteiger charge is 2.20. The number of ether oxygens (including phenoxy) is 1. The third-order valence-corrected chi connectivity index (χ3v) is 1.74. The van der Waals surface area contributed by atoms with Crippen LogP contribution in [0.25, 0.3) is 0 Å². The Hall–Kier alpha value is -0.630. The summed E-state index contributed by atoms with van der Waals surface area (Å²) < 4.78 is 5.22. The van der Waals surface area contributed by atoms with Gasteiger partial charge in [0.2, 0.25) is 0 Å². The Balaban J connectivity index is 3.55. The van der Waals surface area contributed by atoms with Crippen molar-refractivity contribution in [3.63, 3.8) is 0 Å². The maximum Gasteiger partial charge on any atom is 0.163 e. The number of hydrogen-bond acceptors (Lipinski definition) is 2. The van der Waals surface area contributed by atoms with E-state index >= 15 is 0 Å². The summed E-state index contributed by atoms with van der Waals surface area (Å²) in [4.78, 5) is 11.4. The molecule has 0 spiro atoms. The molecule has 0 aliphatic heterocycles. The second-order valence-electron chi connectivity index (χ2n) is 4.43.